The van der Waals surface area contributed by atoms with Gasteiger partial charge in [0, 0.05) is 16.7 Å². The minimum atomic E-state index is -0.210. The van der Waals surface area contributed by atoms with Crippen LogP contribution >= 0.6 is 0 Å². The van der Waals surface area contributed by atoms with Crippen molar-refractivity contribution in [1.82, 2.24) is 0 Å². The number of carbonyl (C=O) groups is 1. The van der Waals surface area contributed by atoms with Crippen molar-refractivity contribution in [2.24, 2.45) is 0 Å². The van der Waals surface area contributed by atoms with Crippen molar-refractivity contribution in [3.8, 4) is 22.6 Å². The van der Waals surface area contributed by atoms with Crippen molar-refractivity contribution in [3.05, 3.63) is 115 Å². The molecule has 0 fully saturated rings. The molecule has 0 unspecified atom stereocenters. The van der Waals surface area contributed by atoms with Crippen molar-refractivity contribution in [1.29, 1.82) is 0 Å². The molecule has 0 saturated heterocycles. The number of allylic oxidation sites excluding steroid dienone is 3. The van der Waals surface area contributed by atoms with Crippen molar-refractivity contribution in [2.75, 3.05) is 6.61 Å². The number of ether oxygens (including phenoxy) is 2. The summed E-state index contributed by atoms with van der Waals surface area (Å²) < 4.78 is 18.2. The molecule has 1 aliphatic heterocycles. The summed E-state index contributed by atoms with van der Waals surface area (Å²) in [6, 6.07) is 20.9. The van der Waals surface area contributed by atoms with Gasteiger partial charge < -0.3 is 13.9 Å². The summed E-state index contributed by atoms with van der Waals surface area (Å²) in [5.41, 5.74) is 4.70. The second-order valence-electron chi connectivity index (χ2n) is 8.87. The molecule has 1 aliphatic rings. The number of fused-ring (bicyclic) bond motifs is 3. The molecule has 180 valence electrons. The van der Waals surface area contributed by atoms with E-state index in [0.29, 0.717) is 40.6 Å². The highest BCUT2D eigenvalue weighted by atomic mass is 16.5. The zero-order valence-electron chi connectivity index (χ0n) is 20.4. The summed E-state index contributed by atoms with van der Waals surface area (Å²) in [5.74, 6) is 1.94. The number of rotatable bonds is 9. The SMILES string of the molecule is C=CCCCCOc1cccc(C(=O)c2oc3ccc4c(c3c2-c2ccccc2)OC(=C)C=C4C)c1. The molecule has 4 aromatic rings. The zero-order valence-corrected chi connectivity index (χ0v) is 20.4. The van der Waals surface area contributed by atoms with Crippen molar-refractivity contribution in [2.45, 2.75) is 26.2 Å². The summed E-state index contributed by atoms with van der Waals surface area (Å²) in [5, 5.41) is 0.769. The summed E-state index contributed by atoms with van der Waals surface area (Å²) in [6.07, 6.45) is 6.73. The van der Waals surface area contributed by atoms with Gasteiger partial charge in [0.25, 0.3) is 0 Å². The number of carbonyl (C=O) groups excluding carboxylic acids is 1. The highest BCUT2D eigenvalue weighted by molar-refractivity contribution is 6.17. The van der Waals surface area contributed by atoms with Crippen molar-refractivity contribution < 1.29 is 18.7 Å². The predicted molar refractivity (Wildman–Crippen MR) is 144 cm³/mol. The molecule has 0 radical (unpaired) electrons. The second-order valence-corrected chi connectivity index (χ2v) is 8.87. The van der Waals surface area contributed by atoms with Crippen LogP contribution in [0.1, 0.15) is 47.9 Å². The van der Waals surface area contributed by atoms with E-state index in [0.717, 1.165) is 41.3 Å². The summed E-state index contributed by atoms with van der Waals surface area (Å²) >= 11 is 0. The van der Waals surface area contributed by atoms with Gasteiger partial charge in [-0.05, 0) is 67.7 Å². The monoisotopic (exact) mass is 476 g/mol. The third-order valence-electron chi connectivity index (χ3n) is 6.28. The number of benzene rings is 3. The maximum Gasteiger partial charge on any atom is 0.229 e. The van der Waals surface area contributed by atoms with E-state index in [2.05, 4.69) is 13.2 Å². The lowest BCUT2D eigenvalue weighted by atomic mass is 9.94. The Labute approximate surface area is 211 Å². The average molecular weight is 477 g/mol. The molecule has 4 nitrogen and oxygen atoms in total. The molecule has 2 heterocycles. The van der Waals surface area contributed by atoms with E-state index in [-0.39, 0.29) is 11.5 Å². The molecule has 5 rings (SSSR count). The molecule has 0 amide bonds. The smallest absolute Gasteiger partial charge is 0.229 e. The van der Waals surface area contributed by atoms with Crippen LogP contribution in [0, 0.1) is 0 Å². The van der Waals surface area contributed by atoms with Crippen LogP contribution in [-0.4, -0.2) is 12.4 Å². The fraction of sp³-hybridized carbons (Fsp3) is 0.156. The Kier molecular flexibility index (Phi) is 6.59. The first-order valence-corrected chi connectivity index (χ1v) is 12.2. The summed E-state index contributed by atoms with van der Waals surface area (Å²) in [4.78, 5) is 13.8. The second kappa shape index (κ2) is 10.1. The Hall–Kier alpha value is -4.31. The Morgan fingerprint density at radius 3 is 2.67 bits per heavy atom. The first-order chi connectivity index (χ1) is 17.6. The normalized spacial score (nSPS) is 12.6. The van der Waals surface area contributed by atoms with Gasteiger partial charge in [-0.2, -0.15) is 0 Å². The first kappa shape index (κ1) is 23.4. The number of hydrogen-bond acceptors (Lipinski definition) is 4. The van der Waals surface area contributed by atoms with Gasteiger partial charge >= 0.3 is 0 Å². The van der Waals surface area contributed by atoms with Gasteiger partial charge in [0.2, 0.25) is 5.78 Å². The molecular formula is C32H28O4. The summed E-state index contributed by atoms with van der Waals surface area (Å²) in [7, 11) is 0. The standard InChI is InChI=1S/C32H28O4/c1-4-5-6-10-18-34-25-15-11-14-24(20-25)30(33)32-28(23-12-8-7-9-13-23)29-27(36-32)17-16-26-21(2)19-22(3)35-31(26)29/h4,7-9,11-17,19-20H,1,3,5-6,10,18H2,2H3. The largest absolute Gasteiger partial charge is 0.494 e. The number of hydrogen-bond donors (Lipinski definition) is 0. The highest BCUT2D eigenvalue weighted by Gasteiger charge is 2.28. The molecule has 0 bridgehead atoms. The van der Waals surface area contributed by atoms with Crippen LogP contribution in [0.25, 0.3) is 27.7 Å². The van der Waals surface area contributed by atoms with Gasteiger partial charge in [0.15, 0.2) is 5.76 Å². The minimum Gasteiger partial charge on any atom is -0.494 e. The summed E-state index contributed by atoms with van der Waals surface area (Å²) in [6.45, 7) is 10.4. The van der Waals surface area contributed by atoms with Crippen LogP contribution in [0.2, 0.25) is 0 Å². The molecule has 0 aliphatic carbocycles. The minimum absolute atomic E-state index is 0.210. The molecule has 4 heteroatoms. The van der Waals surface area contributed by atoms with E-state index >= 15 is 0 Å². The van der Waals surface area contributed by atoms with Gasteiger partial charge in [0.1, 0.15) is 22.8 Å². The molecule has 0 atom stereocenters. The predicted octanol–water partition coefficient (Wildman–Crippen LogP) is 8.38. The van der Waals surface area contributed by atoms with Crippen LogP contribution in [-0.2, 0) is 0 Å². The Balaban J connectivity index is 1.59. The maximum absolute atomic E-state index is 13.8. The lowest BCUT2D eigenvalue weighted by Gasteiger charge is -2.18. The van der Waals surface area contributed by atoms with E-state index in [1.165, 1.54) is 0 Å². The van der Waals surface area contributed by atoms with Crippen LogP contribution in [0.15, 0.2) is 102 Å². The van der Waals surface area contributed by atoms with E-state index in [1.54, 1.807) is 12.1 Å². The van der Waals surface area contributed by atoms with Crippen LogP contribution < -0.4 is 9.47 Å². The maximum atomic E-state index is 13.8. The van der Waals surface area contributed by atoms with Gasteiger partial charge in [-0.15, -0.1) is 6.58 Å². The molecule has 0 saturated carbocycles. The quantitative estimate of drug-likeness (QED) is 0.138. The topological polar surface area (TPSA) is 48.7 Å². The fourth-order valence-electron chi connectivity index (χ4n) is 4.54. The fourth-order valence-corrected chi connectivity index (χ4v) is 4.54. The van der Waals surface area contributed by atoms with E-state index < -0.39 is 0 Å². The molecular weight excluding hydrogens is 448 g/mol. The third kappa shape index (κ3) is 4.50. The first-order valence-electron chi connectivity index (χ1n) is 12.2. The van der Waals surface area contributed by atoms with Gasteiger partial charge in [-0.25, -0.2) is 0 Å². The van der Waals surface area contributed by atoms with Gasteiger partial charge in [0.05, 0.1) is 12.0 Å². The van der Waals surface area contributed by atoms with E-state index in [9.17, 15) is 4.79 Å². The molecule has 3 aromatic carbocycles. The van der Waals surface area contributed by atoms with Crippen LogP contribution in [0.3, 0.4) is 0 Å². The highest BCUT2D eigenvalue weighted by Crippen LogP contribution is 2.46. The van der Waals surface area contributed by atoms with Crippen LogP contribution in [0.4, 0.5) is 0 Å². The lowest BCUT2D eigenvalue weighted by Crippen LogP contribution is -2.04. The van der Waals surface area contributed by atoms with Gasteiger partial charge in [-0.1, -0.05) is 55.1 Å². The van der Waals surface area contributed by atoms with Crippen LogP contribution in [0.5, 0.6) is 11.5 Å². The third-order valence-corrected chi connectivity index (χ3v) is 6.28. The Morgan fingerprint density at radius 2 is 1.86 bits per heavy atom. The number of ketones is 1. The molecule has 36 heavy (non-hydrogen) atoms. The number of unbranched alkanes of at least 4 members (excludes halogenated alkanes) is 2. The van der Waals surface area contributed by atoms with E-state index in [1.807, 2.05) is 73.7 Å². The number of furan rings is 1. The molecule has 0 spiro atoms. The Morgan fingerprint density at radius 1 is 1.03 bits per heavy atom. The lowest BCUT2D eigenvalue weighted by molar-refractivity contribution is 0.101. The van der Waals surface area contributed by atoms with Crippen molar-refractivity contribution >= 4 is 22.3 Å². The molecule has 1 aromatic heterocycles. The van der Waals surface area contributed by atoms with E-state index in [4.69, 9.17) is 13.9 Å². The zero-order chi connectivity index (χ0) is 25.1. The Bertz CT molecular complexity index is 1490. The van der Waals surface area contributed by atoms with Crippen molar-refractivity contribution in [3.63, 3.8) is 0 Å². The molecule has 0 N–H and O–H groups in total. The average Bonchev–Trinajstić information content (AvgIpc) is 3.29. The van der Waals surface area contributed by atoms with Gasteiger partial charge in [-0.3, -0.25) is 4.79 Å².